The highest BCUT2D eigenvalue weighted by molar-refractivity contribution is 5.76. The molecule has 0 amide bonds. The number of carboxylic acid groups (broad SMARTS) is 1. The number of carbonyl (C=O) groups is 1. The highest BCUT2D eigenvalue weighted by Gasteiger charge is 2.18. The average Bonchev–Trinajstić information content (AvgIpc) is 2.26. The molecule has 0 aromatic carbocycles. The number of rotatable bonds is 5. The van der Waals surface area contributed by atoms with E-state index in [9.17, 15) is 4.79 Å². The molecule has 1 aromatic rings. The zero-order chi connectivity index (χ0) is 13.0. The summed E-state index contributed by atoms with van der Waals surface area (Å²) in [6.45, 7) is 5.38. The number of likely N-dealkylation sites (N-methyl/N-ethyl adjacent to an activating group) is 1. The van der Waals surface area contributed by atoms with Gasteiger partial charge in [-0.1, -0.05) is 0 Å². The van der Waals surface area contributed by atoms with Crippen LogP contribution in [0.4, 0.5) is 5.82 Å². The van der Waals surface area contributed by atoms with Crippen molar-refractivity contribution in [1.82, 2.24) is 9.97 Å². The maximum absolute atomic E-state index is 10.9. The Hall–Kier alpha value is -1.85. The molecule has 6 nitrogen and oxygen atoms in total. The van der Waals surface area contributed by atoms with Crippen LogP contribution < -0.4 is 9.64 Å². The summed E-state index contributed by atoms with van der Waals surface area (Å²) in [6, 6.07) is 0.969. The van der Waals surface area contributed by atoms with Crippen LogP contribution in [0.1, 0.15) is 20.8 Å². The van der Waals surface area contributed by atoms with Gasteiger partial charge in [-0.25, -0.2) is 14.8 Å². The number of hydrogen-bond donors (Lipinski definition) is 1. The fraction of sp³-hybridized carbons (Fsp3) is 0.545. The molecule has 0 aliphatic heterocycles. The Morgan fingerprint density at radius 3 is 2.59 bits per heavy atom. The smallest absolute Gasteiger partial charge is 0.326 e. The summed E-state index contributed by atoms with van der Waals surface area (Å²) in [5, 5.41) is 8.91. The van der Waals surface area contributed by atoms with Crippen molar-refractivity contribution in [3.63, 3.8) is 0 Å². The van der Waals surface area contributed by atoms with Gasteiger partial charge in [0.15, 0.2) is 0 Å². The molecule has 1 unspecified atom stereocenters. The molecule has 6 heteroatoms. The van der Waals surface area contributed by atoms with Crippen molar-refractivity contribution < 1.29 is 14.6 Å². The summed E-state index contributed by atoms with van der Waals surface area (Å²) in [5.41, 5.74) is 0. The SMILES string of the molecule is CC(C)Oc1cc(N(C)C(C)C(=O)O)ncn1. The van der Waals surface area contributed by atoms with Crippen molar-refractivity contribution in [2.24, 2.45) is 0 Å². The Kier molecular flexibility index (Phi) is 4.25. The summed E-state index contributed by atoms with van der Waals surface area (Å²) in [7, 11) is 1.67. The van der Waals surface area contributed by atoms with Gasteiger partial charge in [0.1, 0.15) is 18.2 Å². The molecule has 0 spiro atoms. The zero-order valence-corrected chi connectivity index (χ0v) is 10.4. The number of ether oxygens (including phenoxy) is 1. The van der Waals surface area contributed by atoms with E-state index in [0.29, 0.717) is 11.7 Å². The van der Waals surface area contributed by atoms with Crippen molar-refractivity contribution in [2.75, 3.05) is 11.9 Å². The van der Waals surface area contributed by atoms with Crippen LogP contribution in [0, 0.1) is 0 Å². The first kappa shape index (κ1) is 13.2. The normalized spacial score (nSPS) is 12.3. The highest BCUT2D eigenvalue weighted by Crippen LogP contribution is 2.17. The fourth-order valence-electron chi connectivity index (χ4n) is 1.19. The second-order valence-corrected chi connectivity index (χ2v) is 4.01. The minimum atomic E-state index is -0.905. The van der Waals surface area contributed by atoms with Crippen molar-refractivity contribution in [2.45, 2.75) is 32.9 Å². The van der Waals surface area contributed by atoms with E-state index in [1.807, 2.05) is 13.8 Å². The molecule has 17 heavy (non-hydrogen) atoms. The predicted octanol–water partition coefficient (Wildman–Crippen LogP) is 1.17. The maximum atomic E-state index is 10.9. The van der Waals surface area contributed by atoms with Gasteiger partial charge in [-0.15, -0.1) is 0 Å². The van der Waals surface area contributed by atoms with Crippen LogP contribution in [0.5, 0.6) is 5.88 Å². The van der Waals surface area contributed by atoms with Gasteiger partial charge in [0.2, 0.25) is 5.88 Å². The van der Waals surface area contributed by atoms with Crippen LogP contribution in [0.3, 0.4) is 0 Å². The maximum Gasteiger partial charge on any atom is 0.326 e. The minimum absolute atomic E-state index is 0.0138. The molecule has 0 radical (unpaired) electrons. The molecule has 94 valence electrons. The van der Waals surface area contributed by atoms with E-state index < -0.39 is 12.0 Å². The Bertz CT molecular complexity index is 395. The molecule has 0 aliphatic rings. The van der Waals surface area contributed by atoms with Gasteiger partial charge >= 0.3 is 5.97 Å². The molecule has 0 bridgehead atoms. The molecule has 1 N–H and O–H groups in total. The van der Waals surface area contributed by atoms with E-state index in [-0.39, 0.29) is 6.10 Å². The number of hydrogen-bond acceptors (Lipinski definition) is 5. The van der Waals surface area contributed by atoms with Gasteiger partial charge in [-0.2, -0.15) is 0 Å². The van der Waals surface area contributed by atoms with Crippen LogP contribution in [0.25, 0.3) is 0 Å². The Labute approximate surface area is 100 Å². The predicted molar refractivity (Wildman–Crippen MR) is 63.3 cm³/mol. The summed E-state index contributed by atoms with van der Waals surface area (Å²) >= 11 is 0. The first-order valence-electron chi connectivity index (χ1n) is 5.36. The van der Waals surface area contributed by atoms with Crippen molar-refractivity contribution in [1.29, 1.82) is 0 Å². The Morgan fingerprint density at radius 1 is 1.41 bits per heavy atom. The van der Waals surface area contributed by atoms with Gasteiger partial charge in [-0.05, 0) is 20.8 Å². The highest BCUT2D eigenvalue weighted by atomic mass is 16.5. The van der Waals surface area contributed by atoms with Crippen LogP contribution >= 0.6 is 0 Å². The largest absolute Gasteiger partial charge is 0.480 e. The first-order valence-corrected chi connectivity index (χ1v) is 5.36. The standard InChI is InChI=1S/C11H17N3O3/c1-7(2)17-10-5-9(12-6-13-10)14(4)8(3)11(15)16/h5-8H,1-4H3,(H,15,16). The molecule has 0 saturated carbocycles. The van der Waals surface area contributed by atoms with Crippen molar-refractivity contribution >= 4 is 11.8 Å². The second-order valence-electron chi connectivity index (χ2n) is 4.01. The van der Waals surface area contributed by atoms with Gasteiger partial charge in [0.05, 0.1) is 6.10 Å². The average molecular weight is 239 g/mol. The molecule has 0 fully saturated rings. The number of carboxylic acids is 1. The van der Waals surface area contributed by atoms with E-state index >= 15 is 0 Å². The van der Waals surface area contributed by atoms with Crippen molar-refractivity contribution in [3.05, 3.63) is 12.4 Å². The van der Waals surface area contributed by atoms with Gasteiger partial charge in [0.25, 0.3) is 0 Å². The van der Waals surface area contributed by atoms with Gasteiger partial charge in [0, 0.05) is 13.1 Å². The Morgan fingerprint density at radius 2 is 2.06 bits per heavy atom. The third-order valence-electron chi connectivity index (χ3n) is 2.28. The molecule has 0 aliphatic carbocycles. The number of aromatic nitrogens is 2. The Balaban J connectivity index is 2.87. The van der Waals surface area contributed by atoms with E-state index in [1.165, 1.54) is 6.33 Å². The van der Waals surface area contributed by atoms with E-state index in [4.69, 9.17) is 9.84 Å². The number of anilines is 1. The quantitative estimate of drug-likeness (QED) is 0.831. The number of aliphatic carboxylic acids is 1. The van der Waals surface area contributed by atoms with Gasteiger partial charge < -0.3 is 14.7 Å². The topological polar surface area (TPSA) is 75.5 Å². The second kappa shape index (κ2) is 5.47. The zero-order valence-electron chi connectivity index (χ0n) is 10.4. The van der Waals surface area contributed by atoms with E-state index in [2.05, 4.69) is 9.97 Å². The molecule has 0 saturated heterocycles. The van der Waals surface area contributed by atoms with E-state index in [0.717, 1.165) is 0 Å². The molecule has 1 aromatic heterocycles. The summed E-state index contributed by atoms with van der Waals surface area (Å²) in [6.07, 6.45) is 1.37. The third kappa shape index (κ3) is 3.58. The molecular formula is C11H17N3O3. The fourth-order valence-corrected chi connectivity index (χ4v) is 1.19. The molecule has 1 rings (SSSR count). The third-order valence-corrected chi connectivity index (χ3v) is 2.28. The lowest BCUT2D eigenvalue weighted by molar-refractivity contribution is -0.138. The monoisotopic (exact) mass is 239 g/mol. The van der Waals surface area contributed by atoms with Crippen LogP contribution in [-0.4, -0.2) is 40.2 Å². The first-order chi connectivity index (χ1) is 7.91. The van der Waals surface area contributed by atoms with E-state index in [1.54, 1.807) is 24.9 Å². The minimum Gasteiger partial charge on any atom is -0.480 e. The van der Waals surface area contributed by atoms with Crippen LogP contribution in [0.15, 0.2) is 12.4 Å². The molecular weight excluding hydrogens is 222 g/mol. The lowest BCUT2D eigenvalue weighted by Gasteiger charge is -2.22. The van der Waals surface area contributed by atoms with Crippen LogP contribution in [0.2, 0.25) is 0 Å². The summed E-state index contributed by atoms with van der Waals surface area (Å²) in [4.78, 5) is 20.4. The number of nitrogens with zero attached hydrogens (tertiary/aromatic N) is 3. The molecule has 1 heterocycles. The van der Waals surface area contributed by atoms with Crippen molar-refractivity contribution in [3.8, 4) is 5.88 Å². The molecule has 1 atom stereocenters. The van der Waals surface area contributed by atoms with Crippen LogP contribution in [-0.2, 0) is 4.79 Å². The summed E-state index contributed by atoms with van der Waals surface area (Å²) in [5.74, 6) is 0.0532. The lowest BCUT2D eigenvalue weighted by Crippen LogP contribution is -2.36. The summed E-state index contributed by atoms with van der Waals surface area (Å²) < 4.78 is 5.42. The lowest BCUT2D eigenvalue weighted by atomic mass is 10.3. The van der Waals surface area contributed by atoms with Gasteiger partial charge in [-0.3, -0.25) is 0 Å².